The van der Waals surface area contributed by atoms with Gasteiger partial charge < -0.3 is 10.1 Å². The highest BCUT2D eigenvalue weighted by Gasteiger charge is 2.30. The second-order valence-corrected chi connectivity index (χ2v) is 4.21. The lowest BCUT2D eigenvalue weighted by Gasteiger charge is -2.04. The van der Waals surface area contributed by atoms with Gasteiger partial charge in [0.1, 0.15) is 6.61 Å². The first kappa shape index (κ1) is 9.39. The highest BCUT2D eigenvalue weighted by molar-refractivity contribution is 5.97. The fourth-order valence-electron chi connectivity index (χ4n) is 1.80. The van der Waals surface area contributed by atoms with Crippen LogP contribution in [0.1, 0.15) is 28.8 Å². The molecule has 0 aromatic heterocycles. The summed E-state index contributed by atoms with van der Waals surface area (Å²) in [5, 5.41) is 2.84. The Kier molecular flexibility index (Phi) is 1.96. The summed E-state index contributed by atoms with van der Waals surface area (Å²) in [5.74, 6) is -0.0219. The molecule has 0 radical (unpaired) electrons. The van der Waals surface area contributed by atoms with Crippen molar-refractivity contribution in [2.24, 2.45) is 5.92 Å². The largest absolute Gasteiger partial charge is 0.457 e. The zero-order valence-corrected chi connectivity index (χ0v) is 8.66. The van der Waals surface area contributed by atoms with Crippen molar-refractivity contribution in [1.82, 2.24) is 0 Å². The minimum absolute atomic E-state index is 0.0743. The first-order valence-corrected chi connectivity index (χ1v) is 5.35. The van der Waals surface area contributed by atoms with Gasteiger partial charge >= 0.3 is 5.97 Å². The van der Waals surface area contributed by atoms with E-state index in [9.17, 15) is 9.59 Å². The Morgan fingerprint density at radius 1 is 1.38 bits per heavy atom. The first-order valence-electron chi connectivity index (χ1n) is 5.35. The molecule has 0 saturated heterocycles. The molecule has 0 unspecified atom stereocenters. The van der Waals surface area contributed by atoms with Crippen molar-refractivity contribution in [3.63, 3.8) is 0 Å². The van der Waals surface area contributed by atoms with Crippen LogP contribution in [0, 0.1) is 5.92 Å². The van der Waals surface area contributed by atoms with Gasteiger partial charge in [0.2, 0.25) is 5.91 Å². The number of rotatable bonds is 2. The van der Waals surface area contributed by atoms with Gasteiger partial charge in [-0.1, -0.05) is 0 Å². The highest BCUT2D eigenvalue weighted by Crippen LogP contribution is 2.31. The highest BCUT2D eigenvalue weighted by atomic mass is 16.5. The fraction of sp³-hybridized carbons (Fsp3) is 0.333. The monoisotopic (exact) mass is 217 g/mol. The lowest BCUT2D eigenvalue weighted by molar-refractivity contribution is -0.117. The van der Waals surface area contributed by atoms with Crippen molar-refractivity contribution < 1.29 is 14.3 Å². The minimum Gasteiger partial charge on any atom is -0.457 e. The maximum Gasteiger partial charge on any atom is 0.338 e. The predicted molar refractivity (Wildman–Crippen MR) is 56.9 cm³/mol. The molecule has 4 heteroatoms. The number of esters is 1. The van der Waals surface area contributed by atoms with Crippen molar-refractivity contribution >= 4 is 17.6 Å². The molecule has 1 N–H and O–H groups in total. The number of anilines is 1. The Bertz CT molecular complexity index is 477. The van der Waals surface area contributed by atoms with Crippen molar-refractivity contribution in [2.75, 3.05) is 5.32 Å². The molecule has 1 heterocycles. The second-order valence-electron chi connectivity index (χ2n) is 4.21. The molecule has 1 aliphatic heterocycles. The van der Waals surface area contributed by atoms with E-state index in [1.54, 1.807) is 18.2 Å². The first-order chi connectivity index (χ1) is 7.74. The molecular weight excluding hydrogens is 206 g/mol. The maximum atomic E-state index is 11.5. The summed E-state index contributed by atoms with van der Waals surface area (Å²) in [4.78, 5) is 22.7. The standard InChI is InChI=1S/C12H11NO3/c14-11(7-1-2-7)13-9-3-4-10-8(5-9)6-16-12(10)15/h3-5,7H,1-2,6H2,(H,13,14). The average molecular weight is 217 g/mol. The second kappa shape index (κ2) is 3.33. The summed E-state index contributed by atoms with van der Waals surface area (Å²) >= 11 is 0. The molecule has 2 aliphatic rings. The van der Waals surface area contributed by atoms with Gasteiger partial charge in [0.05, 0.1) is 5.56 Å². The van der Waals surface area contributed by atoms with Gasteiger partial charge in [-0.15, -0.1) is 0 Å². The number of hydrogen-bond donors (Lipinski definition) is 1. The van der Waals surface area contributed by atoms with E-state index in [1.807, 2.05) is 0 Å². The van der Waals surface area contributed by atoms with E-state index in [4.69, 9.17) is 4.74 Å². The molecule has 0 atom stereocenters. The van der Waals surface area contributed by atoms with Gasteiger partial charge in [0.15, 0.2) is 0 Å². The van der Waals surface area contributed by atoms with E-state index >= 15 is 0 Å². The molecule has 16 heavy (non-hydrogen) atoms. The Morgan fingerprint density at radius 2 is 2.19 bits per heavy atom. The number of nitrogens with one attached hydrogen (secondary N) is 1. The van der Waals surface area contributed by atoms with E-state index in [2.05, 4.69) is 5.32 Å². The van der Waals surface area contributed by atoms with Crippen LogP contribution in [-0.4, -0.2) is 11.9 Å². The van der Waals surface area contributed by atoms with Gasteiger partial charge in [-0.25, -0.2) is 4.79 Å². The predicted octanol–water partition coefficient (Wildman–Crippen LogP) is 1.71. The lowest BCUT2D eigenvalue weighted by Crippen LogP contribution is -2.13. The summed E-state index contributed by atoms with van der Waals surface area (Å²) in [6, 6.07) is 5.25. The third-order valence-corrected chi connectivity index (χ3v) is 2.90. The number of hydrogen-bond acceptors (Lipinski definition) is 3. The summed E-state index contributed by atoms with van der Waals surface area (Å²) < 4.78 is 4.89. The number of carbonyl (C=O) groups excluding carboxylic acids is 2. The molecule has 1 saturated carbocycles. The quantitative estimate of drug-likeness (QED) is 0.767. The fourth-order valence-corrected chi connectivity index (χ4v) is 1.80. The van der Waals surface area contributed by atoms with Gasteiger partial charge in [0, 0.05) is 17.2 Å². The number of carbonyl (C=O) groups is 2. The molecule has 1 fully saturated rings. The molecule has 4 nitrogen and oxygen atoms in total. The third-order valence-electron chi connectivity index (χ3n) is 2.90. The zero-order valence-electron chi connectivity index (χ0n) is 8.66. The molecule has 0 spiro atoms. The smallest absolute Gasteiger partial charge is 0.338 e. The molecular formula is C12H11NO3. The zero-order chi connectivity index (χ0) is 11.1. The number of fused-ring (bicyclic) bond motifs is 1. The van der Waals surface area contributed by atoms with Crippen LogP contribution in [-0.2, 0) is 16.1 Å². The summed E-state index contributed by atoms with van der Waals surface area (Å²) in [7, 11) is 0. The lowest BCUT2D eigenvalue weighted by atomic mass is 10.1. The summed E-state index contributed by atoms with van der Waals surface area (Å²) in [6.45, 7) is 0.307. The normalized spacial score (nSPS) is 17.9. The molecule has 1 aliphatic carbocycles. The number of benzene rings is 1. The average Bonchev–Trinajstić information content (AvgIpc) is 3.05. The Labute approximate surface area is 92.6 Å². The molecule has 82 valence electrons. The van der Waals surface area contributed by atoms with Crippen LogP contribution in [0.2, 0.25) is 0 Å². The van der Waals surface area contributed by atoms with Gasteiger partial charge in [0.25, 0.3) is 0 Å². The van der Waals surface area contributed by atoms with Crippen LogP contribution in [0.4, 0.5) is 5.69 Å². The number of ether oxygens (including phenoxy) is 1. The van der Waals surface area contributed by atoms with Crippen molar-refractivity contribution in [3.8, 4) is 0 Å². The SMILES string of the molecule is O=C1OCc2cc(NC(=O)C3CC3)ccc21. The van der Waals surface area contributed by atoms with E-state index in [-0.39, 0.29) is 17.8 Å². The van der Waals surface area contributed by atoms with Crippen LogP contribution in [0.25, 0.3) is 0 Å². The van der Waals surface area contributed by atoms with Crippen molar-refractivity contribution in [1.29, 1.82) is 0 Å². The molecule has 1 aromatic carbocycles. The van der Waals surface area contributed by atoms with E-state index in [1.165, 1.54) is 0 Å². The van der Waals surface area contributed by atoms with Crippen molar-refractivity contribution in [2.45, 2.75) is 19.4 Å². The van der Waals surface area contributed by atoms with E-state index < -0.39 is 0 Å². The van der Waals surface area contributed by atoms with Gasteiger partial charge in [-0.3, -0.25) is 4.79 Å². The minimum atomic E-state index is -0.282. The summed E-state index contributed by atoms with van der Waals surface area (Å²) in [6.07, 6.45) is 1.97. The Hall–Kier alpha value is -1.84. The Balaban J connectivity index is 1.81. The van der Waals surface area contributed by atoms with Crippen LogP contribution in [0.5, 0.6) is 0 Å². The molecule has 3 rings (SSSR count). The van der Waals surface area contributed by atoms with Gasteiger partial charge in [-0.05, 0) is 31.0 Å². The Morgan fingerprint density at radius 3 is 2.94 bits per heavy atom. The number of cyclic esters (lactones) is 1. The van der Waals surface area contributed by atoms with Gasteiger partial charge in [-0.2, -0.15) is 0 Å². The molecule has 1 aromatic rings. The van der Waals surface area contributed by atoms with E-state index in [0.717, 1.165) is 24.1 Å². The molecule has 1 amide bonds. The van der Waals surface area contributed by atoms with Crippen molar-refractivity contribution in [3.05, 3.63) is 29.3 Å². The topological polar surface area (TPSA) is 55.4 Å². The van der Waals surface area contributed by atoms with Crippen LogP contribution < -0.4 is 5.32 Å². The summed E-state index contributed by atoms with van der Waals surface area (Å²) in [5.41, 5.74) is 2.19. The van der Waals surface area contributed by atoms with Crippen LogP contribution in [0.3, 0.4) is 0 Å². The van der Waals surface area contributed by atoms with Crippen LogP contribution in [0.15, 0.2) is 18.2 Å². The third kappa shape index (κ3) is 1.56. The maximum absolute atomic E-state index is 11.5. The van der Waals surface area contributed by atoms with Crippen LogP contribution >= 0.6 is 0 Å². The van der Waals surface area contributed by atoms with E-state index in [0.29, 0.717) is 12.2 Å². The molecule has 0 bridgehead atoms. The number of amides is 1.